The third kappa shape index (κ3) is 2.83. The molecule has 2 fully saturated rings. The molecule has 2 bridgehead atoms. The lowest BCUT2D eigenvalue weighted by molar-refractivity contribution is -0.148. The van der Waals surface area contributed by atoms with Crippen LogP contribution < -0.4 is 0 Å². The van der Waals surface area contributed by atoms with Crippen LogP contribution in [-0.2, 0) is 14.3 Å². The van der Waals surface area contributed by atoms with E-state index in [1.54, 1.807) is 24.3 Å². The number of methoxy groups -OCH3 is 1. The molecule has 118 valence electrons. The molecule has 0 saturated carbocycles. The zero-order valence-electron chi connectivity index (χ0n) is 12.3. The van der Waals surface area contributed by atoms with Crippen LogP contribution in [0.3, 0.4) is 0 Å². The summed E-state index contributed by atoms with van der Waals surface area (Å²) < 4.78 is 10.5. The lowest BCUT2D eigenvalue weighted by Gasteiger charge is -2.33. The fraction of sp³-hybridized carbons (Fsp3) is 0.500. The molecular formula is C16H18ClNO4. The first kappa shape index (κ1) is 15.3. The average molecular weight is 324 g/mol. The predicted molar refractivity (Wildman–Crippen MR) is 80.8 cm³/mol. The molecule has 6 heteroatoms. The molecule has 22 heavy (non-hydrogen) atoms. The fourth-order valence-electron chi connectivity index (χ4n) is 3.40. The summed E-state index contributed by atoms with van der Waals surface area (Å²) in [5, 5.41) is -0.0358. The normalized spacial score (nSPS) is 33.3. The number of esters is 2. The molecule has 0 aliphatic carbocycles. The molecule has 3 rings (SSSR count). The van der Waals surface area contributed by atoms with Gasteiger partial charge in [-0.3, -0.25) is 9.69 Å². The highest BCUT2D eigenvalue weighted by molar-refractivity contribution is 6.20. The van der Waals surface area contributed by atoms with E-state index in [0.717, 1.165) is 0 Å². The summed E-state index contributed by atoms with van der Waals surface area (Å²) in [5.74, 6) is -0.766. The van der Waals surface area contributed by atoms with E-state index in [1.807, 2.05) is 11.0 Å². The number of rotatable bonds is 3. The van der Waals surface area contributed by atoms with Crippen molar-refractivity contribution in [1.82, 2.24) is 4.90 Å². The summed E-state index contributed by atoms with van der Waals surface area (Å²) in [4.78, 5) is 26.2. The Bertz CT molecular complexity index is 565. The molecule has 5 atom stereocenters. The summed E-state index contributed by atoms with van der Waals surface area (Å²) in [7, 11) is 1.38. The predicted octanol–water partition coefficient (Wildman–Crippen LogP) is 1.70. The van der Waals surface area contributed by atoms with Crippen molar-refractivity contribution in [3.8, 4) is 0 Å². The fourth-order valence-corrected chi connectivity index (χ4v) is 3.78. The van der Waals surface area contributed by atoms with Gasteiger partial charge in [0.15, 0.2) is 0 Å². The summed E-state index contributed by atoms with van der Waals surface area (Å²) in [6.07, 6.45) is 0.311. The second-order valence-electron chi connectivity index (χ2n) is 5.73. The number of fused-ring (bicyclic) bond motifs is 2. The number of hydrogen-bond donors (Lipinski definition) is 0. The van der Waals surface area contributed by atoms with E-state index in [1.165, 1.54) is 7.11 Å². The number of carbonyl (C=O) groups is 2. The molecule has 0 N–H and O–H groups in total. The van der Waals surface area contributed by atoms with E-state index >= 15 is 0 Å². The van der Waals surface area contributed by atoms with E-state index in [9.17, 15) is 9.59 Å². The van der Waals surface area contributed by atoms with Crippen molar-refractivity contribution < 1.29 is 19.1 Å². The minimum atomic E-state index is -0.367. The van der Waals surface area contributed by atoms with Crippen molar-refractivity contribution in [3.63, 3.8) is 0 Å². The number of ether oxygens (including phenoxy) is 2. The SMILES string of the molecule is COC(=O)C1C2CC(Cl)CN1CC2OC(=O)c1ccccc1. The highest BCUT2D eigenvalue weighted by Gasteiger charge is 2.52. The second-order valence-corrected chi connectivity index (χ2v) is 6.35. The minimum absolute atomic E-state index is 0.0358. The molecular weight excluding hydrogens is 306 g/mol. The molecule has 0 amide bonds. The van der Waals surface area contributed by atoms with Crippen LogP contribution in [0.15, 0.2) is 30.3 Å². The van der Waals surface area contributed by atoms with Gasteiger partial charge >= 0.3 is 11.9 Å². The van der Waals surface area contributed by atoms with Gasteiger partial charge in [-0.1, -0.05) is 18.2 Å². The van der Waals surface area contributed by atoms with E-state index < -0.39 is 0 Å². The summed E-state index contributed by atoms with van der Waals surface area (Å²) in [5.41, 5.74) is 0.510. The van der Waals surface area contributed by atoms with Crippen LogP contribution >= 0.6 is 11.6 Å². The number of alkyl halides is 1. The molecule has 1 aromatic rings. The molecule has 5 nitrogen and oxygen atoms in total. The third-order valence-electron chi connectivity index (χ3n) is 4.36. The van der Waals surface area contributed by atoms with Crippen LogP contribution in [0.25, 0.3) is 0 Å². The zero-order chi connectivity index (χ0) is 15.7. The average Bonchev–Trinajstić information content (AvgIpc) is 2.75. The standard InChI is InChI=1S/C16H18ClNO4/c1-21-16(20)14-12-7-11(17)8-18(14)9-13(12)22-15(19)10-5-3-2-4-6-10/h2-6,11-14H,7-9H2,1H3. The summed E-state index contributed by atoms with van der Waals surface area (Å²) >= 11 is 6.24. The molecule has 0 radical (unpaired) electrons. The molecule has 0 spiro atoms. The maximum Gasteiger partial charge on any atom is 0.338 e. The van der Waals surface area contributed by atoms with Crippen LogP contribution in [0.5, 0.6) is 0 Å². The van der Waals surface area contributed by atoms with Gasteiger partial charge < -0.3 is 9.47 Å². The van der Waals surface area contributed by atoms with Crippen LogP contribution in [0.2, 0.25) is 0 Å². The quantitative estimate of drug-likeness (QED) is 0.626. The Balaban J connectivity index is 1.75. The summed E-state index contributed by atoms with van der Waals surface area (Å²) in [6.45, 7) is 1.13. The van der Waals surface area contributed by atoms with Crippen molar-refractivity contribution in [1.29, 1.82) is 0 Å². The monoisotopic (exact) mass is 323 g/mol. The molecule has 2 aliphatic rings. The van der Waals surface area contributed by atoms with Gasteiger partial charge in [-0.2, -0.15) is 0 Å². The molecule has 0 aromatic heterocycles. The number of nitrogens with zero attached hydrogens (tertiary/aromatic N) is 1. The molecule has 2 saturated heterocycles. The van der Waals surface area contributed by atoms with Crippen molar-refractivity contribution >= 4 is 23.5 Å². The Morgan fingerprint density at radius 1 is 1.23 bits per heavy atom. The van der Waals surface area contributed by atoms with Crippen molar-refractivity contribution in [3.05, 3.63) is 35.9 Å². The number of halogens is 1. The smallest absolute Gasteiger partial charge is 0.338 e. The number of piperidine rings is 1. The van der Waals surface area contributed by atoms with Gasteiger partial charge in [0, 0.05) is 24.4 Å². The first-order valence-corrected chi connectivity index (χ1v) is 7.75. The zero-order valence-corrected chi connectivity index (χ0v) is 13.0. The number of hydrogen-bond acceptors (Lipinski definition) is 5. The number of benzene rings is 1. The highest BCUT2D eigenvalue weighted by atomic mass is 35.5. The lowest BCUT2D eigenvalue weighted by Crippen LogP contribution is -2.48. The molecule has 2 heterocycles. The molecule has 1 aromatic carbocycles. The van der Waals surface area contributed by atoms with Gasteiger partial charge in [0.2, 0.25) is 0 Å². The van der Waals surface area contributed by atoms with Crippen LogP contribution in [-0.4, -0.2) is 54.6 Å². The van der Waals surface area contributed by atoms with Crippen molar-refractivity contribution in [2.24, 2.45) is 5.92 Å². The number of carbonyl (C=O) groups excluding carboxylic acids is 2. The topological polar surface area (TPSA) is 55.8 Å². The van der Waals surface area contributed by atoms with Crippen LogP contribution in [0.1, 0.15) is 16.8 Å². The molecule has 5 unspecified atom stereocenters. The minimum Gasteiger partial charge on any atom is -0.468 e. The van der Waals surface area contributed by atoms with Gasteiger partial charge in [-0.05, 0) is 18.6 Å². The maximum absolute atomic E-state index is 12.2. The Labute approximate surface area is 134 Å². The van der Waals surface area contributed by atoms with Gasteiger partial charge in [0.05, 0.1) is 12.7 Å². The lowest BCUT2D eigenvalue weighted by atomic mass is 9.90. The van der Waals surface area contributed by atoms with Crippen molar-refractivity contribution in [2.45, 2.75) is 23.9 Å². The first-order chi connectivity index (χ1) is 10.6. The Kier molecular flexibility index (Phi) is 4.36. The maximum atomic E-state index is 12.2. The van der Waals surface area contributed by atoms with Gasteiger partial charge in [0.25, 0.3) is 0 Å². The Hall–Kier alpha value is -1.59. The Morgan fingerprint density at radius 3 is 2.64 bits per heavy atom. The first-order valence-electron chi connectivity index (χ1n) is 7.32. The largest absolute Gasteiger partial charge is 0.468 e. The summed E-state index contributed by atoms with van der Waals surface area (Å²) in [6, 6.07) is 8.49. The molecule has 2 aliphatic heterocycles. The second kappa shape index (κ2) is 6.26. The Morgan fingerprint density at radius 2 is 1.95 bits per heavy atom. The van der Waals surface area contributed by atoms with E-state index in [0.29, 0.717) is 25.1 Å². The van der Waals surface area contributed by atoms with E-state index in [2.05, 4.69) is 0 Å². The third-order valence-corrected chi connectivity index (χ3v) is 4.68. The van der Waals surface area contributed by atoms with Gasteiger partial charge in [-0.25, -0.2) is 4.79 Å². The highest BCUT2D eigenvalue weighted by Crippen LogP contribution is 2.38. The van der Waals surface area contributed by atoms with E-state index in [4.69, 9.17) is 21.1 Å². The van der Waals surface area contributed by atoms with Crippen LogP contribution in [0, 0.1) is 5.92 Å². The van der Waals surface area contributed by atoms with E-state index in [-0.39, 0.29) is 35.4 Å². The van der Waals surface area contributed by atoms with Crippen LogP contribution in [0.4, 0.5) is 0 Å². The van der Waals surface area contributed by atoms with Crippen molar-refractivity contribution in [2.75, 3.05) is 20.2 Å². The van der Waals surface area contributed by atoms with Gasteiger partial charge in [-0.15, -0.1) is 11.6 Å². The van der Waals surface area contributed by atoms with Gasteiger partial charge in [0.1, 0.15) is 12.1 Å².